The van der Waals surface area contributed by atoms with Gasteiger partial charge in [-0.3, -0.25) is 0 Å². The first-order valence-electron chi connectivity index (χ1n) is 25.7. The number of benzene rings is 11. The van der Waals surface area contributed by atoms with Gasteiger partial charge in [-0.15, -0.1) is 0 Å². The second kappa shape index (κ2) is 15.1. The van der Waals surface area contributed by atoms with E-state index in [4.69, 9.17) is 0 Å². The summed E-state index contributed by atoms with van der Waals surface area (Å²) in [5.41, 5.74) is 24.9. The third-order valence-electron chi connectivity index (χ3n) is 17.1. The maximum atomic E-state index is 2.74. The van der Waals surface area contributed by atoms with Crippen LogP contribution in [0.25, 0.3) is 132 Å². The van der Waals surface area contributed by atoms with Crippen molar-refractivity contribution in [1.82, 2.24) is 0 Å². The summed E-state index contributed by atoms with van der Waals surface area (Å²) >= 11 is 0. The molecule has 0 heterocycles. The lowest BCUT2D eigenvalue weighted by molar-refractivity contribution is 0.445. The normalized spacial score (nSPS) is 15.5. The van der Waals surface area contributed by atoms with Crippen molar-refractivity contribution in [2.24, 2.45) is 0 Å². The Morgan fingerprint density at radius 2 is 0.529 bits per heavy atom. The summed E-state index contributed by atoms with van der Waals surface area (Å²) in [6.45, 7) is 0. The summed E-state index contributed by atoms with van der Waals surface area (Å²) in [5.74, 6) is 1.04. The lowest BCUT2D eigenvalue weighted by Gasteiger charge is -2.29. The maximum Gasteiger partial charge on any atom is -0.00109 e. The van der Waals surface area contributed by atoms with Crippen LogP contribution >= 0.6 is 0 Å². The fourth-order valence-electron chi connectivity index (χ4n) is 14.2. The molecule has 11 aromatic carbocycles. The fourth-order valence-corrected chi connectivity index (χ4v) is 14.2. The van der Waals surface area contributed by atoms with Crippen molar-refractivity contribution in [2.45, 2.75) is 76.0 Å². The van der Waals surface area contributed by atoms with Crippen molar-refractivity contribution in [1.29, 1.82) is 0 Å². The highest BCUT2D eigenvalue weighted by Crippen LogP contribution is 2.63. The molecule has 0 bridgehead atoms. The Morgan fingerprint density at radius 3 is 0.853 bits per heavy atom. The van der Waals surface area contributed by atoms with Gasteiger partial charge >= 0.3 is 0 Å². The first kappa shape index (κ1) is 38.8. The van der Waals surface area contributed by atoms with E-state index in [0.29, 0.717) is 11.8 Å². The number of rotatable bonds is 6. The van der Waals surface area contributed by atoms with E-state index in [1.165, 1.54) is 196 Å². The van der Waals surface area contributed by atoms with E-state index >= 15 is 0 Å². The standard InChI is InChI=1S/C68H52/c1-7-19-41(20-8-1)47-31-33-49(43-23-11-3-12-24-43)61-57-39-55(45-27-15-5-16-28-45)63-54-38-36-52-60-48(42-21-9-2-10-22-42)32-34-50(44-25-13-4-14-26-44)62(60)58-40-56(46-29-17-6-18-30-46)64(68(54)66(52)58)53-37-35-51(59(47)61)65(57)67(53)63/h1-4,7-14,19-26,31-40,45-46H,5-6,15-18,27-30H2. The van der Waals surface area contributed by atoms with Crippen molar-refractivity contribution < 1.29 is 0 Å². The van der Waals surface area contributed by atoms with Crippen LogP contribution in [0.4, 0.5) is 0 Å². The van der Waals surface area contributed by atoms with Gasteiger partial charge in [0.25, 0.3) is 0 Å². The Hall–Kier alpha value is -7.28. The van der Waals surface area contributed by atoms with Crippen molar-refractivity contribution in [3.05, 3.63) is 193 Å². The molecule has 0 heteroatoms. The molecule has 0 amide bonds. The van der Waals surface area contributed by atoms with E-state index in [1.807, 2.05) is 0 Å². The van der Waals surface area contributed by atoms with E-state index in [-0.39, 0.29) is 0 Å². The molecule has 0 nitrogen and oxygen atoms in total. The van der Waals surface area contributed by atoms with Crippen LogP contribution in [0.3, 0.4) is 0 Å². The highest BCUT2D eigenvalue weighted by Gasteiger charge is 2.37. The summed E-state index contributed by atoms with van der Waals surface area (Å²) in [5, 5.41) is 11.9. The Morgan fingerprint density at radius 1 is 0.235 bits per heavy atom. The van der Waals surface area contributed by atoms with Crippen LogP contribution in [-0.2, 0) is 0 Å². The molecule has 0 aliphatic heterocycles. The topological polar surface area (TPSA) is 0 Å². The second-order valence-electron chi connectivity index (χ2n) is 20.6. The Balaban J connectivity index is 1.13. The molecule has 0 atom stereocenters. The monoisotopic (exact) mass is 868 g/mol. The quantitative estimate of drug-likeness (QED) is 0.115. The summed E-state index contributed by atoms with van der Waals surface area (Å²) in [6.07, 6.45) is 12.9. The minimum Gasteiger partial charge on any atom is -0.0622 e. The van der Waals surface area contributed by atoms with Gasteiger partial charge in [0.05, 0.1) is 0 Å². The van der Waals surface area contributed by atoms with Crippen LogP contribution in [0, 0.1) is 0 Å². The lowest BCUT2D eigenvalue weighted by Crippen LogP contribution is -2.08. The highest BCUT2D eigenvalue weighted by atomic mass is 14.4. The van der Waals surface area contributed by atoms with Gasteiger partial charge in [0, 0.05) is 0 Å². The number of fused-ring (bicyclic) bond motifs is 8. The Kier molecular flexibility index (Phi) is 8.62. The SMILES string of the molecule is c1ccc(-c2ccc(-c3ccccc3)c3c2-c2ccc4c5c(C6CCCCC6)cc6c7c(ccc(c8c(C9CCCCC9)cc-3c2c48)c75)-c2c(-c3ccccc3)ccc(-c3ccccc3)c2-6)cc1. The minimum absolute atomic E-state index is 0.520. The number of hydrogen-bond donors (Lipinski definition) is 0. The van der Waals surface area contributed by atoms with Gasteiger partial charge in [-0.2, -0.15) is 0 Å². The minimum atomic E-state index is 0.520. The molecule has 4 aliphatic rings. The molecule has 0 spiro atoms. The molecule has 0 radical (unpaired) electrons. The molecule has 2 fully saturated rings. The van der Waals surface area contributed by atoms with E-state index in [2.05, 4.69) is 182 Å². The van der Waals surface area contributed by atoms with Gasteiger partial charge in [-0.25, -0.2) is 0 Å². The molecule has 2 saturated carbocycles. The zero-order valence-electron chi connectivity index (χ0n) is 38.5. The van der Waals surface area contributed by atoms with Gasteiger partial charge in [0.1, 0.15) is 0 Å². The molecule has 0 aromatic heterocycles. The molecular formula is C68H52. The molecule has 0 unspecified atom stereocenters. The highest BCUT2D eigenvalue weighted by molar-refractivity contribution is 6.42. The van der Waals surface area contributed by atoms with E-state index in [9.17, 15) is 0 Å². The maximum absolute atomic E-state index is 2.74. The molecule has 15 rings (SSSR count). The molecule has 0 saturated heterocycles. The van der Waals surface area contributed by atoms with Crippen LogP contribution in [0.1, 0.15) is 87.2 Å². The van der Waals surface area contributed by atoms with E-state index in [1.54, 1.807) is 11.1 Å². The molecular weight excluding hydrogens is 817 g/mol. The van der Waals surface area contributed by atoms with Gasteiger partial charge in [-0.1, -0.05) is 208 Å². The van der Waals surface area contributed by atoms with Crippen LogP contribution in [0.2, 0.25) is 0 Å². The van der Waals surface area contributed by atoms with E-state index in [0.717, 1.165) is 0 Å². The number of hydrogen-bond acceptors (Lipinski definition) is 0. The van der Waals surface area contributed by atoms with Crippen molar-refractivity contribution in [3.8, 4) is 89.0 Å². The van der Waals surface area contributed by atoms with Gasteiger partial charge < -0.3 is 0 Å². The zero-order valence-corrected chi connectivity index (χ0v) is 38.5. The van der Waals surface area contributed by atoms with Gasteiger partial charge in [0.2, 0.25) is 0 Å². The van der Waals surface area contributed by atoms with Crippen molar-refractivity contribution in [2.75, 3.05) is 0 Å². The molecule has 4 aliphatic carbocycles. The average Bonchev–Trinajstić information content (AvgIpc) is 3.94. The second-order valence-corrected chi connectivity index (χ2v) is 20.6. The summed E-state index contributed by atoms with van der Waals surface area (Å²) in [7, 11) is 0. The summed E-state index contributed by atoms with van der Waals surface area (Å²) in [4.78, 5) is 0. The zero-order chi connectivity index (χ0) is 44.5. The summed E-state index contributed by atoms with van der Waals surface area (Å²) < 4.78 is 0. The van der Waals surface area contributed by atoms with Gasteiger partial charge in [-0.05, 0) is 193 Å². The van der Waals surface area contributed by atoms with Crippen molar-refractivity contribution >= 4 is 43.1 Å². The first-order chi connectivity index (χ1) is 33.8. The Labute approximate surface area is 399 Å². The third-order valence-corrected chi connectivity index (χ3v) is 17.1. The Bertz CT molecular complexity index is 3550. The molecule has 0 N–H and O–H groups in total. The van der Waals surface area contributed by atoms with Crippen LogP contribution in [0.5, 0.6) is 0 Å². The average molecular weight is 869 g/mol. The van der Waals surface area contributed by atoms with Gasteiger partial charge in [0.15, 0.2) is 0 Å². The van der Waals surface area contributed by atoms with E-state index < -0.39 is 0 Å². The third kappa shape index (κ3) is 5.49. The predicted molar refractivity (Wildman–Crippen MR) is 290 cm³/mol. The molecule has 68 heavy (non-hydrogen) atoms. The molecule has 11 aromatic rings. The van der Waals surface area contributed by atoms with Crippen LogP contribution in [-0.4, -0.2) is 0 Å². The lowest BCUT2D eigenvalue weighted by atomic mass is 9.75. The molecule has 324 valence electrons. The first-order valence-corrected chi connectivity index (χ1v) is 25.7. The van der Waals surface area contributed by atoms with Crippen LogP contribution < -0.4 is 0 Å². The fraction of sp³-hybridized carbons (Fsp3) is 0.176. The largest absolute Gasteiger partial charge is 0.0622 e. The van der Waals surface area contributed by atoms with Crippen LogP contribution in [0.15, 0.2) is 182 Å². The summed E-state index contributed by atoms with van der Waals surface area (Å²) in [6, 6.07) is 70.2. The predicted octanol–water partition coefficient (Wildman–Crippen LogP) is 19.8. The smallest absolute Gasteiger partial charge is 0.00109 e. The van der Waals surface area contributed by atoms with Crippen molar-refractivity contribution in [3.63, 3.8) is 0 Å².